The normalized spacial score (nSPS) is 14.5. The molecule has 0 heterocycles. The molecule has 0 aromatic heterocycles. The number of allylic oxidation sites excluding steroid dienone is 1. The SMILES string of the molecule is CCOC(=O)Oc1ccc(C(=O)NCCNC(=O)/C=C/C2CCCCC2)cc1. The molecule has 1 fully saturated rings. The van der Waals surface area contributed by atoms with Gasteiger partial charge in [0.25, 0.3) is 5.91 Å². The molecule has 0 bridgehead atoms. The van der Waals surface area contributed by atoms with E-state index in [0.29, 0.717) is 30.3 Å². The first kappa shape index (κ1) is 21.5. The fourth-order valence-corrected chi connectivity index (χ4v) is 2.99. The van der Waals surface area contributed by atoms with Crippen LogP contribution in [0.25, 0.3) is 0 Å². The highest BCUT2D eigenvalue weighted by Crippen LogP contribution is 2.24. The van der Waals surface area contributed by atoms with E-state index in [1.807, 2.05) is 6.08 Å². The first-order valence-corrected chi connectivity index (χ1v) is 9.77. The summed E-state index contributed by atoms with van der Waals surface area (Å²) < 4.78 is 9.61. The highest BCUT2D eigenvalue weighted by molar-refractivity contribution is 5.94. The third kappa shape index (κ3) is 7.82. The largest absolute Gasteiger partial charge is 0.513 e. The molecule has 0 radical (unpaired) electrons. The Bertz CT molecular complexity index is 679. The Hall–Kier alpha value is -2.83. The van der Waals surface area contributed by atoms with Crippen molar-refractivity contribution >= 4 is 18.0 Å². The van der Waals surface area contributed by atoms with Crippen LogP contribution in [0.1, 0.15) is 49.4 Å². The average molecular weight is 388 g/mol. The average Bonchev–Trinajstić information content (AvgIpc) is 2.71. The number of benzene rings is 1. The Labute approximate surface area is 165 Å². The number of ether oxygens (including phenoxy) is 2. The lowest BCUT2D eigenvalue weighted by atomic mass is 9.89. The van der Waals surface area contributed by atoms with Crippen LogP contribution in [0.3, 0.4) is 0 Å². The van der Waals surface area contributed by atoms with Crippen LogP contribution >= 0.6 is 0 Å². The van der Waals surface area contributed by atoms with Crippen LogP contribution in [0.2, 0.25) is 0 Å². The molecule has 1 aromatic rings. The smallest absolute Gasteiger partial charge is 0.434 e. The number of hydrogen-bond acceptors (Lipinski definition) is 5. The summed E-state index contributed by atoms with van der Waals surface area (Å²) in [5.41, 5.74) is 0.430. The summed E-state index contributed by atoms with van der Waals surface area (Å²) in [5, 5.41) is 5.49. The second-order valence-electron chi connectivity index (χ2n) is 6.61. The van der Waals surface area contributed by atoms with Crippen molar-refractivity contribution in [2.75, 3.05) is 19.7 Å². The third-order valence-electron chi connectivity index (χ3n) is 4.46. The van der Waals surface area contributed by atoms with E-state index in [1.54, 1.807) is 25.1 Å². The summed E-state index contributed by atoms with van der Waals surface area (Å²) in [7, 11) is 0. The van der Waals surface area contributed by atoms with Gasteiger partial charge in [-0.1, -0.05) is 25.3 Å². The van der Waals surface area contributed by atoms with Crippen LogP contribution in [0, 0.1) is 5.92 Å². The zero-order valence-electron chi connectivity index (χ0n) is 16.2. The Kier molecular flexibility index (Phi) is 9.04. The maximum atomic E-state index is 12.1. The molecule has 1 saturated carbocycles. The first-order valence-electron chi connectivity index (χ1n) is 9.77. The minimum Gasteiger partial charge on any atom is -0.434 e. The number of carbonyl (C=O) groups is 3. The van der Waals surface area contributed by atoms with Gasteiger partial charge in [0.05, 0.1) is 6.61 Å². The minimum atomic E-state index is -0.784. The van der Waals surface area contributed by atoms with Gasteiger partial charge in [0.2, 0.25) is 5.91 Å². The van der Waals surface area contributed by atoms with E-state index in [2.05, 4.69) is 15.4 Å². The lowest BCUT2D eigenvalue weighted by molar-refractivity contribution is -0.116. The summed E-state index contributed by atoms with van der Waals surface area (Å²) in [5.74, 6) is 0.400. The zero-order chi connectivity index (χ0) is 20.2. The lowest BCUT2D eigenvalue weighted by Crippen LogP contribution is -2.34. The summed E-state index contributed by atoms with van der Waals surface area (Å²) >= 11 is 0. The van der Waals surface area contributed by atoms with E-state index in [0.717, 1.165) is 12.8 Å². The van der Waals surface area contributed by atoms with Gasteiger partial charge in [-0.05, 0) is 56.0 Å². The second kappa shape index (κ2) is 11.8. The molecule has 152 valence electrons. The predicted molar refractivity (Wildman–Crippen MR) is 105 cm³/mol. The molecule has 0 spiro atoms. The number of hydrogen-bond donors (Lipinski definition) is 2. The van der Waals surface area contributed by atoms with Crippen molar-refractivity contribution in [1.29, 1.82) is 0 Å². The van der Waals surface area contributed by atoms with E-state index in [4.69, 9.17) is 4.74 Å². The molecule has 7 nitrogen and oxygen atoms in total. The molecule has 2 N–H and O–H groups in total. The highest BCUT2D eigenvalue weighted by atomic mass is 16.7. The summed E-state index contributed by atoms with van der Waals surface area (Å²) in [4.78, 5) is 35.1. The molecular formula is C21H28N2O5. The van der Waals surface area contributed by atoms with Crippen molar-refractivity contribution in [2.45, 2.75) is 39.0 Å². The van der Waals surface area contributed by atoms with Crippen LogP contribution in [-0.2, 0) is 9.53 Å². The molecule has 0 atom stereocenters. The van der Waals surface area contributed by atoms with Crippen LogP contribution < -0.4 is 15.4 Å². The molecule has 2 amide bonds. The standard InChI is InChI=1S/C21H28N2O5/c1-2-27-21(26)28-18-11-9-17(10-12-18)20(25)23-15-14-22-19(24)13-8-16-6-4-3-5-7-16/h8-13,16H,2-7,14-15H2,1H3,(H,22,24)(H,23,25)/b13-8+. The number of amides is 2. The zero-order valence-corrected chi connectivity index (χ0v) is 16.2. The van der Waals surface area contributed by atoms with E-state index in [-0.39, 0.29) is 18.4 Å². The van der Waals surface area contributed by atoms with Crippen molar-refractivity contribution < 1.29 is 23.9 Å². The summed E-state index contributed by atoms with van der Waals surface area (Å²) in [6.45, 7) is 2.59. The Morgan fingerprint density at radius 1 is 1.04 bits per heavy atom. The molecule has 1 aromatic carbocycles. The predicted octanol–water partition coefficient (Wildman–Crippen LogP) is 3.20. The molecule has 2 rings (SSSR count). The molecule has 28 heavy (non-hydrogen) atoms. The molecule has 7 heteroatoms. The van der Waals surface area contributed by atoms with Gasteiger partial charge in [-0.25, -0.2) is 4.79 Å². The van der Waals surface area contributed by atoms with E-state index in [1.165, 1.54) is 31.4 Å². The summed E-state index contributed by atoms with van der Waals surface area (Å²) in [6.07, 6.45) is 8.88. The number of carbonyl (C=O) groups excluding carboxylic acids is 3. The van der Waals surface area contributed by atoms with E-state index >= 15 is 0 Å². The lowest BCUT2D eigenvalue weighted by Gasteiger charge is -2.17. The molecule has 1 aliphatic carbocycles. The van der Waals surface area contributed by atoms with Gasteiger partial charge in [-0.15, -0.1) is 0 Å². The van der Waals surface area contributed by atoms with E-state index in [9.17, 15) is 14.4 Å². The van der Waals surface area contributed by atoms with Crippen molar-refractivity contribution in [3.63, 3.8) is 0 Å². The monoisotopic (exact) mass is 388 g/mol. The van der Waals surface area contributed by atoms with Gasteiger partial charge in [0.1, 0.15) is 5.75 Å². The maximum absolute atomic E-state index is 12.1. The van der Waals surface area contributed by atoms with Gasteiger partial charge >= 0.3 is 6.16 Å². The van der Waals surface area contributed by atoms with Gasteiger partial charge in [0.15, 0.2) is 0 Å². The minimum absolute atomic E-state index is 0.139. The van der Waals surface area contributed by atoms with Gasteiger partial charge < -0.3 is 20.1 Å². The molecule has 0 unspecified atom stereocenters. The van der Waals surface area contributed by atoms with E-state index < -0.39 is 6.16 Å². The molecule has 1 aliphatic rings. The van der Waals surface area contributed by atoms with Crippen LogP contribution in [0.15, 0.2) is 36.4 Å². The summed E-state index contributed by atoms with van der Waals surface area (Å²) in [6, 6.07) is 6.14. The molecular weight excluding hydrogens is 360 g/mol. The van der Waals surface area contributed by atoms with Crippen LogP contribution in [0.4, 0.5) is 4.79 Å². The number of nitrogens with one attached hydrogen (secondary N) is 2. The topological polar surface area (TPSA) is 93.7 Å². The number of rotatable bonds is 8. The molecule has 0 saturated heterocycles. The van der Waals surface area contributed by atoms with Crippen molar-refractivity contribution in [3.8, 4) is 5.75 Å². The van der Waals surface area contributed by atoms with Gasteiger partial charge in [-0.2, -0.15) is 0 Å². The van der Waals surface area contributed by atoms with Crippen LogP contribution in [0.5, 0.6) is 5.75 Å². The molecule has 0 aliphatic heterocycles. The van der Waals surface area contributed by atoms with Gasteiger partial charge in [-0.3, -0.25) is 9.59 Å². The Balaban J connectivity index is 1.65. The third-order valence-corrected chi connectivity index (χ3v) is 4.46. The van der Waals surface area contributed by atoms with Crippen molar-refractivity contribution in [1.82, 2.24) is 10.6 Å². The first-order chi connectivity index (χ1) is 13.6. The Morgan fingerprint density at radius 3 is 2.39 bits per heavy atom. The maximum Gasteiger partial charge on any atom is 0.513 e. The second-order valence-corrected chi connectivity index (χ2v) is 6.61. The fraction of sp³-hybridized carbons (Fsp3) is 0.476. The van der Waals surface area contributed by atoms with Crippen LogP contribution in [-0.4, -0.2) is 37.7 Å². The Morgan fingerprint density at radius 2 is 1.71 bits per heavy atom. The quantitative estimate of drug-likeness (QED) is 0.309. The van der Waals surface area contributed by atoms with Crippen molar-refractivity contribution in [2.24, 2.45) is 5.92 Å². The van der Waals surface area contributed by atoms with Gasteiger partial charge in [0, 0.05) is 18.7 Å². The fourth-order valence-electron chi connectivity index (χ4n) is 2.99. The highest BCUT2D eigenvalue weighted by Gasteiger charge is 2.11. The van der Waals surface area contributed by atoms with Crippen molar-refractivity contribution in [3.05, 3.63) is 42.0 Å².